The van der Waals surface area contributed by atoms with Crippen LogP contribution in [-0.4, -0.2) is 15.0 Å². The molecule has 1 heterocycles. The average Bonchev–Trinajstić information content (AvgIpc) is 2.60. The van der Waals surface area contributed by atoms with Gasteiger partial charge in [0.05, 0.1) is 0 Å². The molecule has 0 bridgehead atoms. The van der Waals surface area contributed by atoms with Gasteiger partial charge >= 0.3 is 6.01 Å². The number of hydrogen-bond donors (Lipinski definition) is 1. The van der Waals surface area contributed by atoms with E-state index in [-0.39, 0.29) is 23.3 Å². The molecule has 0 spiro atoms. The van der Waals surface area contributed by atoms with E-state index in [1.165, 1.54) is 5.56 Å². The summed E-state index contributed by atoms with van der Waals surface area (Å²) in [5.74, 6) is 0.313. The number of ether oxygens (including phenoxy) is 1. The Bertz CT molecular complexity index is 924. The van der Waals surface area contributed by atoms with Crippen molar-refractivity contribution in [1.29, 1.82) is 0 Å². The van der Waals surface area contributed by atoms with Crippen molar-refractivity contribution in [1.82, 2.24) is 15.0 Å². The number of anilines is 2. The molecule has 0 fully saturated rings. The maximum Gasteiger partial charge on any atom is 0.322 e. The molecule has 2 aromatic carbocycles. The molecule has 0 saturated carbocycles. The molecule has 1 aromatic heterocycles. The van der Waals surface area contributed by atoms with Gasteiger partial charge in [0.2, 0.25) is 11.2 Å². The Labute approximate surface area is 168 Å². The number of halogens is 2. The van der Waals surface area contributed by atoms with Gasteiger partial charge in [0.25, 0.3) is 0 Å². The monoisotopic (exact) mass is 402 g/mol. The average molecular weight is 403 g/mol. The number of benzene rings is 2. The highest BCUT2D eigenvalue weighted by molar-refractivity contribution is 6.31. The van der Waals surface area contributed by atoms with Crippen molar-refractivity contribution in [2.75, 3.05) is 5.32 Å². The largest absolute Gasteiger partial charge is 0.458 e. The summed E-state index contributed by atoms with van der Waals surface area (Å²) in [6, 6.07) is 15.6. The van der Waals surface area contributed by atoms with Gasteiger partial charge in [-0.05, 0) is 40.8 Å². The van der Waals surface area contributed by atoms with Crippen molar-refractivity contribution in [3.63, 3.8) is 0 Å². The molecular formula is C20H20Cl2N4O. The lowest BCUT2D eigenvalue weighted by atomic mass is 9.87. The number of hydrogen-bond acceptors (Lipinski definition) is 5. The Balaban J connectivity index is 1.72. The lowest BCUT2D eigenvalue weighted by Crippen LogP contribution is -2.10. The van der Waals surface area contributed by atoms with E-state index in [1.54, 1.807) is 6.07 Å². The first-order chi connectivity index (χ1) is 12.8. The molecule has 0 atom stereocenters. The van der Waals surface area contributed by atoms with E-state index in [1.807, 2.05) is 30.3 Å². The van der Waals surface area contributed by atoms with Crippen LogP contribution in [-0.2, 0) is 12.0 Å². The zero-order valence-electron chi connectivity index (χ0n) is 15.3. The highest BCUT2D eigenvalue weighted by atomic mass is 35.5. The van der Waals surface area contributed by atoms with Crippen LogP contribution >= 0.6 is 23.2 Å². The third kappa shape index (κ3) is 5.31. The van der Waals surface area contributed by atoms with Gasteiger partial charge in [-0.2, -0.15) is 15.0 Å². The maximum absolute atomic E-state index is 6.13. The summed E-state index contributed by atoms with van der Waals surface area (Å²) in [7, 11) is 0. The van der Waals surface area contributed by atoms with E-state index in [0.29, 0.717) is 11.0 Å². The fourth-order valence-electron chi connectivity index (χ4n) is 2.39. The molecule has 27 heavy (non-hydrogen) atoms. The third-order valence-electron chi connectivity index (χ3n) is 3.91. The Morgan fingerprint density at radius 1 is 0.926 bits per heavy atom. The van der Waals surface area contributed by atoms with E-state index >= 15 is 0 Å². The molecule has 7 heteroatoms. The zero-order valence-corrected chi connectivity index (χ0v) is 16.8. The molecule has 0 radical (unpaired) electrons. The topological polar surface area (TPSA) is 59.9 Å². The summed E-state index contributed by atoms with van der Waals surface area (Å²) in [5.41, 5.74) is 3.02. The molecule has 1 N–H and O–H groups in total. The number of nitrogens with one attached hydrogen (secondary N) is 1. The first-order valence-corrected chi connectivity index (χ1v) is 9.22. The van der Waals surface area contributed by atoms with Gasteiger partial charge in [-0.1, -0.05) is 62.7 Å². The molecule has 5 nitrogen and oxygen atoms in total. The van der Waals surface area contributed by atoms with Crippen molar-refractivity contribution >= 4 is 34.8 Å². The summed E-state index contributed by atoms with van der Waals surface area (Å²) in [6.07, 6.45) is 0. The van der Waals surface area contributed by atoms with Crippen molar-refractivity contribution < 1.29 is 4.74 Å². The zero-order chi connectivity index (χ0) is 19.4. The predicted molar refractivity (Wildman–Crippen MR) is 109 cm³/mol. The first kappa shape index (κ1) is 19.4. The van der Waals surface area contributed by atoms with Crippen LogP contribution in [0.1, 0.15) is 31.9 Å². The van der Waals surface area contributed by atoms with E-state index in [4.69, 9.17) is 27.9 Å². The summed E-state index contributed by atoms with van der Waals surface area (Å²) < 4.78 is 5.62. The van der Waals surface area contributed by atoms with Crippen molar-refractivity contribution in [2.24, 2.45) is 0 Å². The molecule has 140 valence electrons. The Morgan fingerprint density at radius 3 is 2.30 bits per heavy atom. The summed E-state index contributed by atoms with van der Waals surface area (Å²) in [6.45, 7) is 6.75. The standard InChI is InChI=1S/C20H20Cl2N4O/c1-20(2,3)14-8-10-15(11-9-14)23-18-24-17(22)25-19(26-18)27-12-13-6-4-5-7-16(13)21/h4-11H,12H2,1-3H3,(H,23,24,25,26). The fourth-order valence-corrected chi connectivity index (χ4v) is 2.74. The van der Waals surface area contributed by atoms with Gasteiger partial charge in [0, 0.05) is 16.3 Å². The molecule has 0 aliphatic carbocycles. The molecule has 3 rings (SSSR count). The summed E-state index contributed by atoms with van der Waals surface area (Å²) in [4.78, 5) is 12.4. The maximum atomic E-state index is 6.13. The van der Waals surface area contributed by atoms with Crippen molar-refractivity contribution in [3.05, 3.63) is 70.0 Å². The van der Waals surface area contributed by atoms with Crippen molar-refractivity contribution in [3.8, 4) is 6.01 Å². The molecule has 0 aliphatic rings. The van der Waals surface area contributed by atoms with Gasteiger partial charge in [0.15, 0.2) is 0 Å². The van der Waals surface area contributed by atoms with Crippen LogP contribution in [0.3, 0.4) is 0 Å². The van der Waals surface area contributed by atoms with Crippen molar-refractivity contribution in [2.45, 2.75) is 32.8 Å². The quantitative estimate of drug-likeness (QED) is 0.584. The second-order valence-electron chi connectivity index (χ2n) is 7.04. The third-order valence-corrected chi connectivity index (χ3v) is 4.45. The molecular weight excluding hydrogens is 383 g/mol. The summed E-state index contributed by atoms with van der Waals surface area (Å²) >= 11 is 12.1. The van der Waals surface area contributed by atoms with Crippen LogP contribution in [0.25, 0.3) is 0 Å². The van der Waals surface area contributed by atoms with Gasteiger partial charge in [-0.25, -0.2) is 0 Å². The van der Waals surface area contributed by atoms with Gasteiger partial charge in [0.1, 0.15) is 6.61 Å². The van der Waals surface area contributed by atoms with Crippen LogP contribution in [0.2, 0.25) is 10.3 Å². The van der Waals surface area contributed by atoms with E-state index in [9.17, 15) is 0 Å². The smallest absolute Gasteiger partial charge is 0.322 e. The molecule has 3 aromatic rings. The SMILES string of the molecule is CC(C)(C)c1ccc(Nc2nc(Cl)nc(OCc3ccccc3Cl)n2)cc1. The lowest BCUT2D eigenvalue weighted by Gasteiger charge is -2.19. The number of nitrogens with zero attached hydrogens (tertiary/aromatic N) is 3. The van der Waals surface area contributed by atoms with E-state index in [2.05, 4.69) is 53.2 Å². The number of aromatic nitrogens is 3. The molecule has 0 unspecified atom stereocenters. The minimum Gasteiger partial charge on any atom is -0.458 e. The van der Waals surface area contributed by atoms with E-state index in [0.717, 1.165) is 11.3 Å². The first-order valence-electron chi connectivity index (χ1n) is 8.46. The highest BCUT2D eigenvalue weighted by Gasteiger charge is 2.13. The molecule has 0 amide bonds. The second-order valence-corrected chi connectivity index (χ2v) is 7.79. The highest BCUT2D eigenvalue weighted by Crippen LogP contribution is 2.25. The minimum atomic E-state index is 0.0490. The van der Waals surface area contributed by atoms with E-state index < -0.39 is 0 Å². The van der Waals surface area contributed by atoms with Crippen LogP contribution in [0, 0.1) is 0 Å². The van der Waals surface area contributed by atoms with Crippen LogP contribution < -0.4 is 10.1 Å². The van der Waals surface area contributed by atoms with Gasteiger partial charge in [-0.15, -0.1) is 0 Å². The Kier molecular flexibility index (Phi) is 5.82. The van der Waals surface area contributed by atoms with Gasteiger partial charge < -0.3 is 10.1 Å². The number of rotatable bonds is 5. The second kappa shape index (κ2) is 8.11. The van der Waals surface area contributed by atoms with Crippen LogP contribution in [0.5, 0.6) is 6.01 Å². The minimum absolute atomic E-state index is 0.0490. The lowest BCUT2D eigenvalue weighted by molar-refractivity contribution is 0.280. The summed E-state index contributed by atoms with van der Waals surface area (Å²) in [5, 5.41) is 3.79. The predicted octanol–water partition coefficient (Wildman–Crippen LogP) is 5.80. The molecule has 0 saturated heterocycles. The van der Waals surface area contributed by atoms with Crippen LogP contribution in [0.4, 0.5) is 11.6 Å². The Hall–Kier alpha value is -2.37. The normalized spacial score (nSPS) is 11.3. The Morgan fingerprint density at radius 2 is 1.63 bits per heavy atom. The van der Waals surface area contributed by atoms with Gasteiger partial charge in [-0.3, -0.25) is 0 Å². The fraction of sp³-hybridized carbons (Fsp3) is 0.250. The molecule has 0 aliphatic heterocycles. The van der Waals surface area contributed by atoms with Crippen LogP contribution in [0.15, 0.2) is 48.5 Å².